The Hall–Kier alpha value is -3.39. The van der Waals surface area contributed by atoms with E-state index in [1.807, 2.05) is 0 Å². The third kappa shape index (κ3) is 8.32. The van der Waals surface area contributed by atoms with Crippen LogP contribution in [0.1, 0.15) is 52.9 Å². The number of carbonyl (C=O) groups excluding carboxylic acids is 2. The lowest BCUT2D eigenvalue weighted by atomic mass is 10.1. The summed E-state index contributed by atoms with van der Waals surface area (Å²) in [7, 11) is 0. The second-order valence-corrected chi connectivity index (χ2v) is 10.6. The number of benzene rings is 1. The Balaban J connectivity index is 1.47. The zero-order chi connectivity index (χ0) is 27.0. The number of unbranched alkanes of at least 4 members (excludes halogenated alkanes) is 1. The third-order valence-electron chi connectivity index (χ3n) is 6.69. The minimum absolute atomic E-state index is 0.0909. The smallest absolute Gasteiger partial charge is 0.408 e. The maximum absolute atomic E-state index is 13.2. The van der Waals surface area contributed by atoms with E-state index in [2.05, 4.69) is 21.2 Å². The Morgan fingerprint density at radius 2 is 1.84 bits per heavy atom. The van der Waals surface area contributed by atoms with E-state index in [0.717, 1.165) is 57.7 Å². The second-order valence-electron chi connectivity index (χ2n) is 10.6. The third-order valence-corrected chi connectivity index (χ3v) is 6.69. The Kier molecular flexibility index (Phi) is 9.69. The summed E-state index contributed by atoms with van der Waals surface area (Å²) in [4.78, 5) is 42.2. The normalized spacial score (nSPS) is 19.2. The van der Waals surface area contributed by atoms with Crippen LogP contribution in [0.2, 0.25) is 0 Å². The first-order valence-electron chi connectivity index (χ1n) is 13.0. The van der Waals surface area contributed by atoms with Crippen LogP contribution in [0.4, 0.5) is 16.2 Å². The second kappa shape index (κ2) is 12.7. The minimum atomic E-state index is -0.720. The molecule has 3 rings (SSSR count). The number of amides is 2. The number of nitro groups is 1. The summed E-state index contributed by atoms with van der Waals surface area (Å²) in [5.74, 6) is -0.216. The van der Waals surface area contributed by atoms with Crippen LogP contribution < -0.4 is 10.2 Å². The van der Waals surface area contributed by atoms with E-state index >= 15 is 0 Å². The van der Waals surface area contributed by atoms with Gasteiger partial charge in [0.2, 0.25) is 5.91 Å². The van der Waals surface area contributed by atoms with Gasteiger partial charge in [0, 0.05) is 50.5 Å². The van der Waals surface area contributed by atoms with Crippen LogP contribution in [0.25, 0.3) is 0 Å². The summed E-state index contributed by atoms with van der Waals surface area (Å²) >= 11 is 0. The first kappa shape index (κ1) is 28.2. The molecule has 2 amide bonds. The molecule has 2 heterocycles. The number of nitro benzene ring substituents is 1. The van der Waals surface area contributed by atoms with Crippen LogP contribution in [0.3, 0.4) is 0 Å². The van der Waals surface area contributed by atoms with Crippen LogP contribution in [0.5, 0.6) is 0 Å². The molecule has 2 aliphatic rings. The molecule has 202 valence electrons. The Morgan fingerprint density at radius 3 is 2.43 bits per heavy atom. The number of rotatable bonds is 9. The quantitative estimate of drug-likeness (QED) is 0.302. The number of ether oxygens (including phenoxy) is 1. The molecule has 2 atom stereocenters. The fraction of sp³-hybridized carbons (Fsp3) is 0.654. The predicted molar refractivity (Wildman–Crippen MR) is 139 cm³/mol. The van der Waals surface area contributed by atoms with E-state index in [1.165, 1.54) is 12.1 Å². The number of alkyl carbamates (subject to hydrolysis) is 1. The Bertz CT molecular complexity index is 979. The number of likely N-dealkylation sites (tertiary alicyclic amines) is 1. The molecule has 0 bridgehead atoms. The van der Waals surface area contributed by atoms with Crippen LogP contribution in [-0.4, -0.2) is 83.7 Å². The van der Waals surface area contributed by atoms with Crippen LogP contribution >= 0.6 is 0 Å². The largest absolute Gasteiger partial charge is 0.444 e. The fourth-order valence-corrected chi connectivity index (χ4v) is 4.77. The molecular formula is C26H38N6O5. The van der Waals surface area contributed by atoms with Crippen molar-refractivity contribution in [2.24, 2.45) is 0 Å². The standard InChI is InChI=1S/C26H38N6O5/c1-26(2,3)37-25(34)28-23(24(33)31-14-6-7-22(31)19-27)8-4-5-13-29-15-17-30(18-16-29)20-9-11-21(12-10-20)32(35)36/h9-12,22-23H,4-8,13-18H2,1-3H3,(H,28,34)/t22-,23-/m0/s1. The van der Waals surface area contributed by atoms with Gasteiger partial charge in [-0.25, -0.2) is 4.79 Å². The summed E-state index contributed by atoms with van der Waals surface area (Å²) in [5.41, 5.74) is 0.405. The topological polar surface area (TPSA) is 132 Å². The number of non-ortho nitro benzene ring substituents is 1. The Morgan fingerprint density at radius 1 is 1.16 bits per heavy atom. The number of carbonyl (C=O) groups is 2. The highest BCUT2D eigenvalue weighted by molar-refractivity contribution is 5.86. The molecule has 1 N–H and O–H groups in total. The molecule has 2 fully saturated rings. The molecule has 0 radical (unpaired) electrons. The number of hydrogen-bond donors (Lipinski definition) is 1. The monoisotopic (exact) mass is 514 g/mol. The van der Waals surface area contributed by atoms with Gasteiger partial charge in [0.15, 0.2) is 0 Å². The zero-order valence-corrected chi connectivity index (χ0v) is 22.0. The minimum Gasteiger partial charge on any atom is -0.444 e. The van der Waals surface area contributed by atoms with E-state index in [0.29, 0.717) is 19.4 Å². The molecule has 11 nitrogen and oxygen atoms in total. The first-order valence-corrected chi connectivity index (χ1v) is 13.0. The van der Waals surface area contributed by atoms with Crippen molar-refractivity contribution in [2.45, 2.75) is 70.6 Å². The van der Waals surface area contributed by atoms with Gasteiger partial charge >= 0.3 is 6.09 Å². The molecule has 0 aliphatic carbocycles. The molecule has 0 aromatic heterocycles. The van der Waals surface area contributed by atoms with E-state index in [-0.39, 0.29) is 11.6 Å². The average Bonchev–Trinajstić information content (AvgIpc) is 3.34. The highest BCUT2D eigenvalue weighted by Crippen LogP contribution is 2.22. The first-order chi connectivity index (χ1) is 17.6. The van der Waals surface area contributed by atoms with Gasteiger partial charge < -0.3 is 19.9 Å². The maximum atomic E-state index is 13.2. The molecule has 0 saturated carbocycles. The fourth-order valence-electron chi connectivity index (χ4n) is 4.77. The summed E-state index contributed by atoms with van der Waals surface area (Å²) in [6, 6.07) is 7.68. The number of nitrogens with one attached hydrogen (secondary N) is 1. The van der Waals surface area contributed by atoms with Crippen molar-refractivity contribution in [3.63, 3.8) is 0 Å². The van der Waals surface area contributed by atoms with Gasteiger partial charge in [0.25, 0.3) is 5.69 Å². The number of piperazine rings is 1. The molecular weight excluding hydrogens is 476 g/mol. The van der Waals surface area contributed by atoms with E-state index in [1.54, 1.807) is 37.8 Å². The van der Waals surface area contributed by atoms with Gasteiger partial charge in [-0.05, 0) is 71.6 Å². The maximum Gasteiger partial charge on any atom is 0.408 e. The molecule has 37 heavy (non-hydrogen) atoms. The van der Waals surface area contributed by atoms with Crippen molar-refractivity contribution in [3.05, 3.63) is 34.4 Å². The predicted octanol–water partition coefficient (Wildman–Crippen LogP) is 3.29. The van der Waals surface area contributed by atoms with Gasteiger partial charge in [-0.2, -0.15) is 5.26 Å². The average molecular weight is 515 g/mol. The molecule has 2 aliphatic heterocycles. The van der Waals surface area contributed by atoms with Crippen molar-refractivity contribution >= 4 is 23.4 Å². The highest BCUT2D eigenvalue weighted by Gasteiger charge is 2.34. The van der Waals surface area contributed by atoms with E-state index in [9.17, 15) is 25.0 Å². The lowest BCUT2D eigenvalue weighted by Gasteiger charge is -2.36. The molecule has 0 spiro atoms. The van der Waals surface area contributed by atoms with Gasteiger partial charge in [-0.1, -0.05) is 0 Å². The zero-order valence-electron chi connectivity index (χ0n) is 22.0. The van der Waals surface area contributed by atoms with E-state index in [4.69, 9.17) is 4.74 Å². The SMILES string of the molecule is CC(C)(C)OC(=O)N[C@@H](CCCCN1CCN(c2ccc([N+](=O)[O-])cc2)CC1)C(=O)N1CCC[C@H]1C#N. The summed E-state index contributed by atoms with van der Waals surface area (Å²) in [6.45, 7) is 10.2. The molecule has 11 heteroatoms. The number of hydrogen-bond acceptors (Lipinski definition) is 8. The molecule has 1 aromatic rings. The van der Waals surface area contributed by atoms with Crippen LogP contribution in [0, 0.1) is 21.4 Å². The molecule has 0 unspecified atom stereocenters. The molecule has 1 aromatic carbocycles. The number of nitrogens with zero attached hydrogens (tertiary/aromatic N) is 5. The van der Waals surface area contributed by atoms with Crippen LogP contribution in [0.15, 0.2) is 24.3 Å². The summed E-state index contributed by atoms with van der Waals surface area (Å²) < 4.78 is 5.37. The highest BCUT2D eigenvalue weighted by atomic mass is 16.6. The number of anilines is 1. The Labute approximate surface area is 218 Å². The lowest BCUT2D eigenvalue weighted by Crippen LogP contribution is -2.51. The van der Waals surface area contributed by atoms with Gasteiger partial charge in [0.1, 0.15) is 17.7 Å². The van der Waals surface area contributed by atoms with Crippen molar-refractivity contribution in [1.29, 1.82) is 5.26 Å². The van der Waals surface area contributed by atoms with Gasteiger partial charge in [-0.15, -0.1) is 0 Å². The molecule has 2 saturated heterocycles. The number of nitriles is 1. The van der Waals surface area contributed by atoms with Crippen molar-refractivity contribution in [1.82, 2.24) is 15.1 Å². The van der Waals surface area contributed by atoms with Gasteiger partial charge in [0.05, 0.1) is 11.0 Å². The van der Waals surface area contributed by atoms with Crippen molar-refractivity contribution in [3.8, 4) is 6.07 Å². The van der Waals surface area contributed by atoms with E-state index < -0.39 is 28.7 Å². The summed E-state index contributed by atoms with van der Waals surface area (Å²) in [5, 5.41) is 23.0. The van der Waals surface area contributed by atoms with Crippen molar-refractivity contribution in [2.75, 3.05) is 44.2 Å². The lowest BCUT2D eigenvalue weighted by molar-refractivity contribution is -0.384. The van der Waals surface area contributed by atoms with Crippen LogP contribution in [-0.2, 0) is 9.53 Å². The van der Waals surface area contributed by atoms with Crippen molar-refractivity contribution < 1.29 is 19.2 Å². The summed E-state index contributed by atoms with van der Waals surface area (Å²) in [6.07, 6.45) is 2.93. The van der Waals surface area contributed by atoms with Gasteiger partial charge in [-0.3, -0.25) is 19.8 Å².